The van der Waals surface area contributed by atoms with Crippen LogP contribution in [0.1, 0.15) is 60.3 Å². The second-order valence-electron chi connectivity index (χ2n) is 10.1. The SMILES string of the molecule is Cc1cc(C(C)(C)C)cc(C)c1-c1cc(Cn2cnc(C(Cc3ccc(N)nc3)C(=O)O)c2)no1. The molecule has 1 unspecified atom stereocenters. The van der Waals surface area contributed by atoms with Crippen LogP contribution >= 0.6 is 0 Å². The first-order valence-corrected chi connectivity index (χ1v) is 11.5. The van der Waals surface area contributed by atoms with E-state index in [1.165, 1.54) is 5.56 Å². The van der Waals surface area contributed by atoms with Crippen molar-refractivity contribution >= 4 is 11.8 Å². The topological polar surface area (TPSA) is 120 Å². The van der Waals surface area contributed by atoms with E-state index in [4.69, 9.17) is 10.3 Å². The molecule has 4 aromatic rings. The van der Waals surface area contributed by atoms with Crippen molar-refractivity contribution in [2.24, 2.45) is 0 Å². The molecule has 182 valence electrons. The molecule has 1 atom stereocenters. The standard InChI is InChI=1S/C27H31N5O3/c1-16-8-19(27(3,4)5)9-17(2)25(16)23-11-20(31-35-23)13-32-14-22(30-15-32)21(26(33)34)10-18-6-7-24(28)29-12-18/h6-9,11-12,14-15,21H,10,13H2,1-5H3,(H2,28,29)(H,33,34). The first-order valence-electron chi connectivity index (χ1n) is 11.5. The molecule has 3 aromatic heterocycles. The van der Waals surface area contributed by atoms with Gasteiger partial charge in [-0.05, 0) is 54.0 Å². The van der Waals surface area contributed by atoms with E-state index in [1.54, 1.807) is 30.9 Å². The van der Waals surface area contributed by atoms with Crippen molar-refractivity contribution < 1.29 is 14.4 Å². The Kier molecular flexibility index (Phi) is 6.47. The molecular formula is C27H31N5O3. The van der Waals surface area contributed by atoms with Gasteiger partial charge in [-0.1, -0.05) is 44.1 Å². The summed E-state index contributed by atoms with van der Waals surface area (Å²) in [4.78, 5) is 20.3. The number of pyridine rings is 1. The second kappa shape index (κ2) is 9.37. The number of aromatic nitrogens is 4. The maximum absolute atomic E-state index is 11.9. The minimum atomic E-state index is -0.944. The zero-order valence-electron chi connectivity index (χ0n) is 20.7. The fourth-order valence-electron chi connectivity index (χ4n) is 4.23. The van der Waals surface area contributed by atoms with Crippen LogP contribution in [0.4, 0.5) is 5.82 Å². The number of anilines is 1. The lowest BCUT2D eigenvalue weighted by Crippen LogP contribution is -2.15. The second-order valence-corrected chi connectivity index (χ2v) is 10.1. The van der Waals surface area contributed by atoms with Crippen LogP contribution in [0.2, 0.25) is 0 Å². The average Bonchev–Trinajstić information content (AvgIpc) is 3.42. The van der Waals surface area contributed by atoms with E-state index in [0.29, 0.717) is 18.1 Å². The number of carbonyl (C=O) groups is 1. The van der Waals surface area contributed by atoms with E-state index in [9.17, 15) is 9.90 Å². The van der Waals surface area contributed by atoms with Crippen molar-refractivity contribution in [3.63, 3.8) is 0 Å². The molecule has 8 nitrogen and oxygen atoms in total. The smallest absolute Gasteiger partial charge is 0.312 e. The van der Waals surface area contributed by atoms with Crippen molar-refractivity contribution in [1.29, 1.82) is 0 Å². The molecule has 0 aliphatic carbocycles. The van der Waals surface area contributed by atoms with Crippen molar-refractivity contribution in [2.45, 2.75) is 58.9 Å². The molecule has 0 aliphatic heterocycles. The number of hydrogen-bond donors (Lipinski definition) is 2. The van der Waals surface area contributed by atoms with Crippen LogP contribution in [0.3, 0.4) is 0 Å². The summed E-state index contributed by atoms with van der Waals surface area (Å²) < 4.78 is 7.51. The van der Waals surface area contributed by atoms with Crippen molar-refractivity contribution in [3.05, 3.63) is 82.7 Å². The number of aliphatic carboxylic acids is 1. The third-order valence-corrected chi connectivity index (χ3v) is 6.14. The number of benzene rings is 1. The van der Waals surface area contributed by atoms with E-state index < -0.39 is 11.9 Å². The minimum absolute atomic E-state index is 0.0674. The van der Waals surface area contributed by atoms with Gasteiger partial charge in [0.2, 0.25) is 0 Å². The number of hydrogen-bond acceptors (Lipinski definition) is 6. The predicted octanol–water partition coefficient (Wildman–Crippen LogP) is 4.89. The van der Waals surface area contributed by atoms with Gasteiger partial charge >= 0.3 is 5.97 Å². The van der Waals surface area contributed by atoms with Gasteiger partial charge < -0.3 is 19.9 Å². The summed E-state index contributed by atoms with van der Waals surface area (Å²) in [6.45, 7) is 11.2. The third-order valence-electron chi connectivity index (χ3n) is 6.14. The first kappa shape index (κ1) is 24.2. The van der Waals surface area contributed by atoms with E-state index >= 15 is 0 Å². The number of imidazole rings is 1. The molecule has 0 fully saturated rings. The molecule has 4 rings (SSSR count). The average molecular weight is 474 g/mol. The molecule has 3 heterocycles. The number of aryl methyl sites for hydroxylation is 2. The van der Waals surface area contributed by atoms with Gasteiger partial charge in [-0.25, -0.2) is 9.97 Å². The van der Waals surface area contributed by atoms with Crippen LogP contribution in [0.25, 0.3) is 11.3 Å². The highest BCUT2D eigenvalue weighted by molar-refractivity contribution is 5.75. The molecule has 0 saturated heterocycles. The first-order chi connectivity index (χ1) is 16.5. The summed E-state index contributed by atoms with van der Waals surface area (Å²) in [5.74, 6) is -0.621. The number of rotatable bonds is 7. The molecular weight excluding hydrogens is 442 g/mol. The lowest BCUT2D eigenvalue weighted by Gasteiger charge is -2.21. The lowest BCUT2D eigenvalue weighted by atomic mass is 9.83. The van der Waals surface area contributed by atoms with Gasteiger partial charge in [-0.15, -0.1) is 0 Å². The normalized spacial score (nSPS) is 12.6. The summed E-state index contributed by atoms with van der Waals surface area (Å²) in [6, 6.07) is 9.78. The highest BCUT2D eigenvalue weighted by Gasteiger charge is 2.24. The summed E-state index contributed by atoms with van der Waals surface area (Å²) >= 11 is 0. The number of nitrogens with zero attached hydrogens (tertiary/aromatic N) is 4. The Balaban J connectivity index is 1.52. The molecule has 3 N–H and O–H groups in total. The molecule has 35 heavy (non-hydrogen) atoms. The van der Waals surface area contributed by atoms with Crippen molar-refractivity contribution in [3.8, 4) is 11.3 Å². The van der Waals surface area contributed by atoms with Gasteiger partial charge in [0.25, 0.3) is 0 Å². The molecule has 0 radical (unpaired) electrons. The largest absolute Gasteiger partial charge is 0.481 e. The van der Waals surface area contributed by atoms with Crippen molar-refractivity contribution in [1.82, 2.24) is 19.7 Å². The van der Waals surface area contributed by atoms with Gasteiger partial charge in [-0.2, -0.15) is 0 Å². The molecule has 0 amide bonds. The molecule has 8 heteroatoms. The van der Waals surface area contributed by atoms with E-state index in [-0.39, 0.29) is 11.8 Å². The molecule has 1 aromatic carbocycles. The number of nitrogen functional groups attached to an aromatic ring is 1. The Hall–Kier alpha value is -3.94. The van der Waals surface area contributed by atoms with Crippen LogP contribution < -0.4 is 5.73 Å². The fraction of sp³-hybridized carbons (Fsp3) is 0.333. The van der Waals surface area contributed by atoms with Crippen LogP contribution in [-0.2, 0) is 23.2 Å². The Bertz CT molecular complexity index is 1320. The highest BCUT2D eigenvalue weighted by atomic mass is 16.5. The fourth-order valence-corrected chi connectivity index (χ4v) is 4.23. The Morgan fingerprint density at radius 3 is 2.46 bits per heavy atom. The maximum Gasteiger partial charge on any atom is 0.312 e. The molecule has 0 spiro atoms. The summed E-state index contributed by atoms with van der Waals surface area (Å²) in [5, 5.41) is 14.0. The van der Waals surface area contributed by atoms with Crippen LogP contribution in [0, 0.1) is 13.8 Å². The van der Waals surface area contributed by atoms with E-state index in [1.807, 2.05) is 10.6 Å². The van der Waals surface area contributed by atoms with Gasteiger partial charge in [0, 0.05) is 24.0 Å². The Labute approximate surface area is 204 Å². The van der Waals surface area contributed by atoms with Gasteiger partial charge in [-0.3, -0.25) is 4.79 Å². The minimum Gasteiger partial charge on any atom is -0.481 e. The van der Waals surface area contributed by atoms with Crippen LogP contribution in [0.15, 0.2) is 53.6 Å². The monoisotopic (exact) mass is 473 g/mol. The summed E-state index contributed by atoms with van der Waals surface area (Å²) in [5.41, 5.74) is 12.3. The summed E-state index contributed by atoms with van der Waals surface area (Å²) in [6.07, 6.45) is 5.23. The van der Waals surface area contributed by atoms with Gasteiger partial charge in [0.15, 0.2) is 5.76 Å². The van der Waals surface area contributed by atoms with Gasteiger partial charge in [0.1, 0.15) is 17.4 Å². The van der Waals surface area contributed by atoms with Gasteiger partial charge in [0.05, 0.1) is 18.6 Å². The third kappa shape index (κ3) is 5.42. The molecule has 0 bridgehead atoms. The Morgan fingerprint density at radius 2 is 1.86 bits per heavy atom. The quantitative estimate of drug-likeness (QED) is 0.392. The Morgan fingerprint density at radius 1 is 1.14 bits per heavy atom. The van der Waals surface area contributed by atoms with E-state index in [0.717, 1.165) is 33.7 Å². The predicted molar refractivity (Wildman–Crippen MR) is 134 cm³/mol. The zero-order valence-corrected chi connectivity index (χ0v) is 20.7. The molecule has 0 saturated carbocycles. The zero-order chi connectivity index (χ0) is 25.3. The number of nitrogens with two attached hydrogens (primary N) is 1. The summed E-state index contributed by atoms with van der Waals surface area (Å²) in [7, 11) is 0. The molecule has 0 aliphatic rings. The number of carboxylic acid groups (broad SMARTS) is 1. The highest BCUT2D eigenvalue weighted by Crippen LogP contribution is 2.33. The maximum atomic E-state index is 11.9. The van der Waals surface area contributed by atoms with Crippen LogP contribution in [-0.4, -0.2) is 30.8 Å². The number of carboxylic acids is 1. The van der Waals surface area contributed by atoms with E-state index in [2.05, 4.69) is 61.9 Å². The van der Waals surface area contributed by atoms with Crippen molar-refractivity contribution in [2.75, 3.05) is 5.73 Å². The lowest BCUT2D eigenvalue weighted by molar-refractivity contribution is -0.138. The van der Waals surface area contributed by atoms with Crippen LogP contribution in [0.5, 0.6) is 0 Å².